The molecule has 1 saturated heterocycles. The quantitative estimate of drug-likeness (QED) is 0.705. The van der Waals surface area contributed by atoms with Crippen LogP contribution in [0.4, 0.5) is 0 Å². The van der Waals surface area contributed by atoms with Gasteiger partial charge >= 0.3 is 0 Å². The molecule has 1 aliphatic heterocycles. The lowest BCUT2D eigenvalue weighted by Gasteiger charge is -2.32. The first-order valence-corrected chi connectivity index (χ1v) is 5.70. The highest BCUT2D eigenvalue weighted by Gasteiger charge is 2.29. The fourth-order valence-electron chi connectivity index (χ4n) is 2.24. The van der Waals surface area contributed by atoms with Crippen LogP contribution >= 0.6 is 0 Å². The molecular formula is C11H23NO2. The molecule has 0 saturated carbocycles. The van der Waals surface area contributed by atoms with E-state index in [4.69, 9.17) is 10.5 Å². The van der Waals surface area contributed by atoms with Crippen molar-refractivity contribution in [3.8, 4) is 0 Å². The van der Waals surface area contributed by atoms with E-state index < -0.39 is 5.60 Å². The molecule has 0 aliphatic carbocycles. The maximum Gasteiger partial charge on any atom is 0.0772 e. The molecule has 0 aromatic rings. The molecule has 0 radical (unpaired) electrons. The van der Waals surface area contributed by atoms with Crippen molar-refractivity contribution in [2.45, 2.75) is 44.6 Å². The van der Waals surface area contributed by atoms with Crippen molar-refractivity contribution in [3.63, 3.8) is 0 Å². The molecule has 1 rings (SSSR count). The Labute approximate surface area is 86.6 Å². The standard InChI is InChI=1S/C11H23NO2/c1-2-5-11(13,9-12)8-10-3-6-14-7-4-10/h10,13H,2-9,12H2,1H3. The summed E-state index contributed by atoms with van der Waals surface area (Å²) in [5, 5.41) is 10.2. The van der Waals surface area contributed by atoms with Crippen LogP contribution in [0, 0.1) is 5.92 Å². The summed E-state index contributed by atoms with van der Waals surface area (Å²) in [4.78, 5) is 0. The summed E-state index contributed by atoms with van der Waals surface area (Å²) in [6.07, 6.45) is 4.82. The summed E-state index contributed by atoms with van der Waals surface area (Å²) in [6, 6.07) is 0. The van der Waals surface area contributed by atoms with Gasteiger partial charge in [0.05, 0.1) is 5.60 Å². The lowest BCUT2D eigenvalue weighted by molar-refractivity contribution is -0.0118. The van der Waals surface area contributed by atoms with Gasteiger partial charge in [-0.1, -0.05) is 13.3 Å². The van der Waals surface area contributed by atoms with Crippen molar-refractivity contribution in [1.29, 1.82) is 0 Å². The predicted molar refractivity (Wildman–Crippen MR) is 57.1 cm³/mol. The normalized spacial score (nSPS) is 23.4. The number of nitrogens with two attached hydrogens (primary N) is 1. The van der Waals surface area contributed by atoms with Crippen LogP contribution in [0.3, 0.4) is 0 Å². The summed E-state index contributed by atoms with van der Waals surface area (Å²) in [6.45, 7) is 4.16. The van der Waals surface area contributed by atoms with Crippen molar-refractivity contribution in [2.24, 2.45) is 11.7 Å². The first kappa shape index (κ1) is 12.0. The van der Waals surface area contributed by atoms with Crippen molar-refractivity contribution in [3.05, 3.63) is 0 Å². The van der Waals surface area contributed by atoms with E-state index in [9.17, 15) is 5.11 Å². The van der Waals surface area contributed by atoms with Crippen molar-refractivity contribution in [1.82, 2.24) is 0 Å². The summed E-state index contributed by atoms with van der Waals surface area (Å²) in [5.74, 6) is 0.601. The minimum Gasteiger partial charge on any atom is -0.389 e. The number of rotatable bonds is 5. The molecule has 1 atom stereocenters. The number of hydrogen-bond acceptors (Lipinski definition) is 3. The zero-order valence-electron chi connectivity index (χ0n) is 9.17. The molecule has 3 nitrogen and oxygen atoms in total. The van der Waals surface area contributed by atoms with Crippen LogP contribution < -0.4 is 5.73 Å². The third-order valence-corrected chi connectivity index (χ3v) is 3.10. The van der Waals surface area contributed by atoms with Crippen LogP contribution in [0.1, 0.15) is 39.0 Å². The van der Waals surface area contributed by atoms with Gasteiger partial charge in [-0.25, -0.2) is 0 Å². The van der Waals surface area contributed by atoms with Gasteiger partial charge < -0.3 is 15.6 Å². The second kappa shape index (κ2) is 5.69. The average Bonchev–Trinajstić information content (AvgIpc) is 2.20. The van der Waals surface area contributed by atoms with Crippen LogP contribution in [-0.2, 0) is 4.74 Å². The van der Waals surface area contributed by atoms with E-state index in [0.717, 1.165) is 45.3 Å². The zero-order valence-corrected chi connectivity index (χ0v) is 9.17. The van der Waals surface area contributed by atoms with Gasteiger partial charge in [-0.3, -0.25) is 0 Å². The molecule has 1 unspecified atom stereocenters. The van der Waals surface area contributed by atoms with Gasteiger partial charge in [0.2, 0.25) is 0 Å². The van der Waals surface area contributed by atoms with Crippen LogP contribution in [0.15, 0.2) is 0 Å². The van der Waals surface area contributed by atoms with Crippen LogP contribution in [-0.4, -0.2) is 30.5 Å². The van der Waals surface area contributed by atoms with Gasteiger partial charge in [-0.05, 0) is 31.6 Å². The molecule has 1 fully saturated rings. The Morgan fingerprint density at radius 1 is 1.43 bits per heavy atom. The Kier molecular flexibility index (Phi) is 4.85. The fraction of sp³-hybridized carbons (Fsp3) is 1.00. The second-order valence-electron chi connectivity index (χ2n) is 4.44. The SMILES string of the molecule is CCCC(O)(CN)CC1CCOCC1. The molecular weight excluding hydrogens is 178 g/mol. The Morgan fingerprint density at radius 2 is 2.07 bits per heavy atom. The fourth-order valence-corrected chi connectivity index (χ4v) is 2.24. The first-order valence-electron chi connectivity index (χ1n) is 5.70. The first-order chi connectivity index (χ1) is 6.70. The molecule has 0 aromatic heterocycles. The minimum atomic E-state index is -0.628. The second-order valence-corrected chi connectivity index (χ2v) is 4.44. The minimum absolute atomic E-state index is 0.387. The summed E-state index contributed by atoms with van der Waals surface area (Å²) in [7, 11) is 0. The Balaban J connectivity index is 2.37. The lowest BCUT2D eigenvalue weighted by atomic mass is 9.83. The van der Waals surface area contributed by atoms with Gasteiger partial charge in [0, 0.05) is 19.8 Å². The molecule has 84 valence electrons. The average molecular weight is 201 g/mol. The molecule has 0 amide bonds. The largest absolute Gasteiger partial charge is 0.389 e. The number of hydrogen-bond donors (Lipinski definition) is 2. The van der Waals surface area contributed by atoms with Crippen molar-refractivity contribution < 1.29 is 9.84 Å². The molecule has 3 N–H and O–H groups in total. The zero-order chi connectivity index (χ0) is 10.4. The maximum absolute atomic E-state index is 10.2. The smallest absolute Gasteiger partial charge is 0.0772 e. The Hall–Kier alpha value is -0.120. The number of aliphatic hydroxyl groups is 1. The molecule has 1 heterocycles. The highest BCUT2D eigenvalue weighted by atomic mass is 16.5. The van der Waals surface area contributed by atoms with Gasteiger partial charge in [0.25, 0.3) is 0 Å². The maximum atomic E-state index is 10.2. The summed E-state index contributed by atoms with van der Waals surface area (Å²) < 4.78 is 5.29. The summed E-state index contributed by atoms with van der Waals surface area (Å²) in [5.41, 5.74) is 5.00. The third kappa shape index (κ3) is 3.56. The summed E-state index contributed by atoms with van der Waals surface area (Å²) >= 11 is 0. The van der Waals surface area contributed by atoms with E-state index in [1.54, 1.807) is 0 Å². The Morgan fingerprint density at radius 3 is 2.57 bits per heavy atom. The van der Waals surface area contributed by atoms with E-state index in [0.29, 0.717) is 12.5 Å². The van der Waals surface area contributed by atoms with Crippen LogP contribution in [0.25, 0.3) is 0 Å². The van der Waals surface area contributed by atoms with Gasteiger partial charge in [-0.15, -0.1) is 0 Å². The third-order valence-electron chi connectivity index (χ3n) is 3.10. The molecule has 3 heteroatoms. The molecule has 0 spiro atoms. The van der Waals surface area contributed by atoms with E-state index in [-0.39, 0.29) is 0 Å². The van der Waals surface area contributed by atoms with E-state index in [2.05, 4.69) is 6.92 Å². The van der Waals surface area contributed by atoms with E-state index in [1.165, 1.54) is 0 Å². The monoisotopic (exact) mass is 201 g/mol. The molecule has 0 bridgehead atoms. The van der Waals surface area contributed by atoms with E-state index in [1.807, 2.05) is 0 Å². The molecule has 1 aliphatic rings. The number of ether oxygens (including phenoxy) is 1. The van der Waals surface area contributed by atoms with Crippen LogP contribution in [0.2, 0.25) is 0 Å². The highest BCUT2D eigenvalue weighted by Crippen LogP contribution is 2.27. The lowest BCUT2D eigenvalue weighted by Crippen LogP contribution is -2.40. The van der Waals surface area contributed by atoms with Crippen LogP contribution in [0.5, 0.6) is 0 Å². The predicted octanol–water partition coefficient (Wildman–Crippen LogP) is 1.29. The molecule has 0 aromatic carbocycles. The van der Waals surface area contributed by atoms with Crippen molar-refractivity contribution in [2.75, 3.05) is 19.8 Å². The van der Waals surface area contributed by atoms with E-state index >= 15 is 0 Å². The Bertz CT molecular complexity index is 157. The highest BCUT2D eigenvalue weighted by molar-refractivity contribution is 4.83. The topological polar surface area (TPSA) is 55.5 Å². The van der Waals surface area contributed by atoms with Gasteiger partial charge in [-0.2, -0.15) is 0 Å². The van der Waals surface area contributed by atoms with Gasteiger partial charge in [0.15, 0.2) is 0 Å². The van der Waals surface area contributed by atoms with Gasteiger partial charge in [0.1, 0.15) is 0 Å². The molecule has 14 heavy (non-hydrogen) atoms. The van der Waals surface area contributed by atoms with Crippen molar-refractivity contribution >= 4 is 0 Å².